The molecule has 18 heavy (non-hydrogen) atoms. The lowest BCUT2D eigenvalue weighted by atomic mass is 9.79. The average Bonchev–Trinajstić information content (AvgIpc) is 2.38. The third kappa shape index (κ3) is 3.99. The first kappa shape index (κ1) is 14.4. The lowest BCUT2D eigenvalue weighted by molar-refractivity contribution is -0.149. The van der Waals surface area contributed by atoms with Gasteiger partial charge in [0, 0.05) is 13.0 Å². The van der Waals surface area contributed by atoms with Crippen LogP contribution in [-0.2, 0) is 14.4 Å². The van der Waals surface area contributed by atoms with Crippen LogP contribution in [0.5, 0.6) is 0 Å². The van der Waals surface area contributed by atoms with E-state index < -0.39 is 23.7 Å². The molecule has 7 nitrogen and oxygen atoms in total. The van der Waals surface area contributed by atoms with Crippen LogP contribution in [0.3, 0.4) is 0 Å². The Morgan fingerprint density at radius 2 is 1.72 bits per heavy atom. The molecule has 4 N–H and O–H groups in total. The van der Waals surface area contributed by atoms with Crippen molar-refractivity contribution >= 4 is 17.8 Å². The van der Waals surface area contributed by atoms with Gasteiger partial charge >= 0.3 is 5.97 Å². The molecule has 1 rings (SSSR count). The molecular formula is C11H18N2O5. The van der Waals surface area contributed by atoms with E-state index in [4.69, 9.17) is 10.3 Å². The van der Waals surface area contributed by atoms with E-state index in [1.54, 1.807) is 0 Å². The molecule has 0 aromatic carbocycles. The monoisotopic (exact) mass is 258 g/mol. The van der Waals surface area contributed by atoms with E-state index in [1.165, 1.54) is 5.48 Å². The van der Waals surface area contributed by atoms with E-state index in [0.717, 1.165) is 12.8 Å². The van der Waals surface area contributed by atoms with Crippen LogP contribution < -0.4 is 10.8 Å². The van der Waals surface area contributed by atoms with Crippen LogP contribution >= 0.6 is 0 Å². The van der Waals surface area contributed by atoms with Gasteiger partial charge < -0.3 is 10.4 Å². The molecule has 7 heteroatoms. The fourth-order valence-corrected chi connectivity index (χ4v) is 2.23. The number of rotatable bonds is 5. The van der Waals surface area contributed by atoms with Crippen LogP contribution in [0.15, 0.2) is 0 Å². The highest BCUT2D eigenvalue weighted by molar-refractivity contribution is 5.85. The summed E-state index contributed by atoms with van der Waals surface area (Å²) in [6, 6.07) is 0. The Balaban J connectivity index is 2.43. The zero-order valence-corrected chi connectivity index (χ0v) is 10.0. The molecule has 0 aliphatic heterocycles. The zero-order chi connectivity index (χ0) is 13.5. The molecule has 102 valence electrons. The molecule has 1 aliphatic carbocycles. The van der Waals surface area contributed by atoms with Crippen LogP contribution in [0.4, 0.5) is 0 Å². The van der Waals surface area contributed by atoms with Gasteiger partial charge in [-0.05, 0) is 12.8 Å². The van der Waals surface area contributed by atoms with Crippen molar-refractivity contribution in [2.45, 2.75) is 32.1 Å². The Labute approximate surface area is 105 Å². The van der Waals surface area contributed by atoms with Gasteiger partial charge in [-0.3, -0.25) is 19.6 Å². The Morgan fingerprint density at radius 3 is 2.28 bits per heavy atom. The highest BCUT2D eigenvalue weighted by Crippen LogP contribution is 2.30. The minimum Gasteiger partial charge on any atom is -0.481 e. The van der Waals surface area contributed by atoms with Gasteiger partial charge in [0.25, 0.3) is 0 Å². The molecule has 2 atom stereocenters. The van der Waals surface area contributed by atoms with Crippen molar-refractivity contribution in [2.24, 2.45) is 11.8 Å². The van der Waals surface area contributed by atoms with Gasteiger partial charge in [0.05, 0.1) is 11.8 Å². The van der Waals surface area contributed by atoms with E-state index in [0.29, 0.717) is 12.8 Å². The zero-order valence-electron chi connectivity index (χ0n) is 10.0. The first-order valence-corrected chi connectivity index (χ1v) is 5.99. The number of nitrogens with one attached hydrogen (secondary N) is 2. The topological polar surface area (TPSA) is 116 Å². The Kier molecular flexibility index (Phi) is 5.57. The summed E-state index contributed by atoms with van der Waals surface area (Å²) in [5, 5.41) is 19.8. The number of amides is 2. The number of carbonyl (C=O) groups excluding carboxylic acids is 2. The number of hydrogen-bond acceptors (Lipinski definition) is 4. The molecule has 1 saturated carbocycles. The summed E-state index contributed by atoms with van der Waals surface area (Å²) in [7, 11) is 0. The van der Waals surface area contributed by atoms with E-state index in [9.17, 15) is 14.4 Å². The maximum Gasteiger partial charge on any atom is 0.307 e. The first-order valence-electron chi connectivity index (χ1n) is 5.99. The molecule has 0 spiro atoms. The Morgan fingerprint density at radius 1 is 1.11 bits per heavy atom. The number of carboxylic acids is 1. The average molecular weight is 258 g/mol. The standard InChI is InChI=1S/C11H18N2O5/c14-9(13-18)5-6-12-10(15)7-3-1-2-4-8(7)11(16)17/h7-8,18H,1-6H2,(H,12,15)(H,13,14)(H,16,17). The largest absolute Gasteiger partial charge is 0.481 e. The third-order valence-corrected chi connectivity index (χ3v) is 3.20. The van der Waals surface area contributed by atoms with Crippen LogP contribution in [0.2, 0.25) is 0 Å². The van der Waals surface area contributed by atoms with Crippen molar-refractivity contribution in [3.8, 4) is 0 Å². The number of hydrogen-bond donors (Lipinski definition) is 4. The lowest BCUT2D eigenvalue weighted by Crippen LogP contribution is -2.40. The summed E-state index contributed by atoms with van der Waals surface area (Å²) < 4.78 is 0. The normalized spacial score (nSPS) is 23.2. The molecule has 0 radical (unpaired) electrons. The maximum absolute atomic E-state index is 11.8. The van der Waals surface area contributed by atoms with Crippen molar-refractivity contribution < 1.29 is 24.7 Å². The molecule has 0 heterocycles. The third-order valence-electron chi connectivity index (χ3n) is 3.20. The second kappa shape index (κ2) is 6.95. The maximum atomic E-state index is 11.8. The minimum absolute atomic E-state index is 0.0350. The van der Waals surface area contributed by atoms with Crippen LogP contribution in [-0.4, -0.2) is 34.6 Å². The molecule has 0 saturated heterocycles. The van der Waals surface area contributed by atoms with Gasteiger partial charge in [0.1, 0.15) is 0 Å². The SMILES string of the molecule is O=C(CCNC(=O)C1CCCCC1C(=O)O)NO. The summed E-state index contributed by atoms with van der Waals surface area (Å²) in [5.74, 6) is -3.01. The summed E-state index contributed by atoms with van der Waals surface area (Å²) in [5.41, 5.74) is 1.46. The van der Waals surface area contributed by atoms with Gasteiger partial charge in [-0.25, -0.2) is 5.48 Å². The van der Waals surface area contributed by atoms with E-state index in [-0.39, 0.29) is 18.9 Å². The minimum atomic E-state index is -0.942. The summed E-state index contributed by atoms with van der Waals surface area (Å²) in [4.78, 5) is 33.6. The molecule has 2 unspecified atom stereocenters. The molecule has 0 aromatic rings. The number of hydroxylamine groups is 1. The fraction of sp³-hybridized carbons (Fsp3) is 0.727. The van der Waals surface area contributed by atoms with Gasteiger partial charge in [-0.1, -0.05) is 12.8 Å². The van der Waals surface area contributed by atoms with Crippen LogP contribution in [0.25, 0.3) is 0 Å². The smallest absolute Gasteiger partial charge is 0.307 e. The Hall–Kier alpha value is -1.63. The highest BCUT2D eigenvalue weighted by Gasteiger charge is 2.35. The van der Waals surface area contributed by atoms with Crippen LogP contribution in [0.1, 0.15) is 32.1 Å². The number of aliphatic carboxylic acids is 1. The molecule has 1 aliphatic rings. The second-order valence-electron chi connectivity index (χ2n) is 4.41. The number of carboxylic acid groups (broad SMARTS) is 1. The van der Waals surface area contributed by atoms with E-state index in [2.05, 4.69) is 5.32 Å². The fourth-order valence-electron chi connectivity index (χ4n) is 2.23. The van der Waals surface area contributed by atoms with Gasteiger partial charge in [-0.15, -0.1) is 0 Å². The molecule has 1 fully saturated rings. The lowest BCUT2D eigenvalue weighted by Gasteiger charge is -2.27. The van der Waals surface area contributed by atoms with Crippen molar-refractivity contribution in [1.82, 2.24) is 10.8 Å². The van der Waals surface area contributed by atoms with Crippen molar-refractivity contribution in [3.63, 3.8) is 0 Å². The second-order valence-corrected chi connectivity index (χ2v) is 4.41. The summed E-state index contributed by atoms with van der Waals surface area (Å²) in [6.45, 7) is 0.0913. The molecule has 0 aromatic heterocycles. The highest BCUT2D eigenvalue weighted by atomic mass is 16.5. The summed E-state index contributed by atoms with van der Waals surface area (Å²) in [6.07, 6.45) is 2.72. The molecule has 2 amide bonds. The van der Waals surface area contributed by atoms with Gasteiger partial charge in [0.15, 0.2) is 0 Å². The van der Waals surface area contributed by atoms with Crippen molar-refractivity contribution in [2.75, 3.05) is 6.54 Å². The van der Waals surface area contributed by atoms with Crippen molar-refractivity contribution in [3.05, 3.63) is 0 Å². The van der Waals surface area contributed by atoms with Gasteiger partial charge in [0.2, 0.25) is 11.8 Å². The number of carbonyl (C=O) groups is 3. The summed E-state index contributed by atoms with van der Waals surface area (Å²) >= 11 is 0. The van der Waals surface area contributed by atoms with E-state index >= 15 is 0 Å². The molecule has 0 bridgehead atoms. The quantitative estimate of drug-likeness (QED) is 0.405. The van der Waals surface area contributed by atoms with Gasteiger partial charge in [-0.2, -0.15) is 0 Å². The first-order chi connectivity index (χ1) is 8.56. The predicted molar refractivity (Wildman–Crippen MR) is 60.6 cm³/mol. The molecular weight excluding hydrogens is 240 g/mol. The predicted octanol–water partition coefficient (Wildman–Crippen LogP) is -0.111. The van der Waals surface area contributed by atoms with E-state index in [1.807, 2.05) is 0 Å². The Bertz CT molecular complexity index is 331. The van der Waals surface area contributed by atoms with Crippen molar-refractivity contribution in [1.29, 1.82) is 0 Å². The van der Waals surface area contributed by atoms with Crippen LogP contribution in [0, 0.1) is 11.8 Å².